The van der Waals surface area contributed by atoms with Gasteiger partial charge in [-0.2, -0.15) is 0 Å². The molecular formula is C19H19ClN2O2S. The molecule has 25 heavy (non-hydrogen) atoms. The van der Waals surface area contributed by atoms with Crippen LogP contribution in [-0.4, -0.2) is 41.7 Å². The van der Waals surface area contributed by atoms with Crippen molar-refractivity contribution in [1.29, 1.82) is 0 Å². The first kappa shape index (κ1) is 16.6. The Morgan fingerprint density at radius 2 is 2.00 bits per heavy atom. The van der Waals surface area contributed by atoms with Gasteiger partial charge in [0, 0.05) is 29.5 Å². The number of hydrogen-bond donors (Lipinski definition) is 0. The van der Waals surface area contributed by atoms with E-state index in [0.29, 0.717) is 32.8 Å². The molecule has 1 aliphatic rings. The molecule has 1 fully saturated rings. The molecule has 4 nitrogen and oxygen atoms in total. The Balaban J connectivity index is 1.77. The number of fused-ring (bicyclic) bond motifs is 1. The lowest BCUT2D eigenvalue weighted by Gasteiger charge is -2.27. The predicted molar refractivity (Wildman–Crippen MR) is 102 cm³/mol. The molecule has 0 saturated carbocycles. The van der Waals surface area contributed by atoms with Crippen molar-refractivity contribution in [2.75, 3.05) is 26.3 Å². The Labute approximate surface area is 155 Å². The van der Waals surface area contributed by atoms with Crippen LogP contribution >= 0.6 is 22.9 Å². The summed E-state index contributed by atoms with van der Waals surface area (Å²) in [6, 6.07) is 12.0. The number of hydrogen-bond acceptors (Lipinski definition) is 3. The number of amides is 1. The van der Waals surface area contributed by atoms with Crippen molar-refractivity contribution < 1.29 is 9.53 Å². The molecule has 0 unspecified atom stereocenters. The minimum absolute atomic E-state index is 0.0661. The standard InChI is InChI=1S/C19H19ClN2O2S/c1-13-10-16-18(25-13)11-17(19(23)21-6-8-24-9-7-21)22(16)12-14-4-2-3-5-15(14)20/h2-5,10-11H,6-9,12H2,1H3. The molecule has 3 heterocycles. The maximum Gasteiger partial charge on any atom is 0.270 e. The van der Waals surface area contributed by atoms with Gasteiger partial charge in [-0.1, -0.05) is 29.8 Å². The number of aromatic nitrogens is 1. The van der Waals surface area contributed by atoms with Gasteiger partial charge in [-0.3, -0.25) is 4.79 Å². The van der Waals surface area contributed by atoms with Crippen molar-refractivity contribution in [3.8, 4) is 0 Å². The Hall–Kier alpha value is -1.82. The third-order valence-corrected chi connectivity index (χ3v) is 5.87. The predicted octanol–water partition coefficient (Wildman–Crippen LogP) is 4.19. The number of nitrogens with zero attached hydrogens (tertiary/aromatic N) is 2. The maximum atomic E-state index is 13.1. The third-order valence-electron chi connectivity index (χ3n) is 4.52. The van der Waals surface area contributed by atoms with E-state index in [2.05, 4.69) is 17.6 Å². The lowest BCUT2D eigenvalue weighted by atomic mass is 10.2. The lowest BCUT2D eigenvalue weighted by molar-refractivity contribution is 0.0296. The van der Waals surface area contributed by atoms with E-state index in [4.69, 9.17) is 16.3 Å². The van der Waals surface area contributed by atoms with E-state index in [9.17, 15) is 4.79 Å². The number of carbonyl (C=O) groups excluding carboxylic acids is 1. The zero-order chi connectivity index (χ0) is 17.4. The second kappa shape index (κ2) is 6.83. The monoisotopic (exact) mass is 374 g/mol. The van der Waals surface area contributed by atoms with Crippen molar-refractivity contribution in [1.82, 2.24) is 9.47 Å². The number of ether oxygens (including phenoxy) is 1. The summed E-state index contributed by atoms with van der Waals surface area (Å²) in [4.78, 5) is 16.2. The molecule has 1 saturated heterocycles. The average molecular weight is 375 g/mol. The first-order valence-electron chi connectivity index (χ1n) is 8.33. The van der Waals surface area contributed by atoms with Crippen LogP contribution in [0.3, 0.4) is 0 Å². The number of morpholine rings is 1. The number of thiophene rings is 1. The highest BCUT2D eigenvalue weighted by atomic mass is 35.5. The summed E-state index contributed by atoms with van der Waals surface area (Å²) in [5, 5.41) is 0.723. The molecule has 3 aromatic rings. The van der Waals surface area contributed by atoms with Crippen LogP contribution in [0.1, 0.15) is 20.9 Å². The highest BCUT2D eigenvalue weighted by molar-refractivity contribution is 7.19. The normalized spacial score (nSPS) is 15.0. The smallest absolute Gasteiger partial charge is 0.270 e. The molecule has 1 amide bonds. The average Bonchev–Trinajstić information content (AvgIpc) is 3.14. The van der Waals surface area contributed by atoms with E-state index < -0.39 is 0 Å². The van der Waals surface area contributed by atoms with E-state index in [1.165, 1.54) is 4.88 Å². The van der Waals surface area contributed by atoms with Gasteiger partial charge in [0.1, 0.15) is 5.69 Å². The van der Waals surface area contributed by atoms with E-state index in [1.54, 1.807) is 11.3 Å². The fourth-order valence-electron chi connectivity index (χ4n) is 3.24. The van der Waals surface area contributed by atoms with Crippen LogP contribution in [0.2, 0.25) is 5.02 Å². The van der Waals surface area contributed by atoms with Crippen LogP contribution in [0.5, 0.6) is 0 Å². The summed E-state index contributed by atoms with van der Waals surface area (Å²) in [6.45, 7) is 5.17. The van der Waals surface area contributed by atoms with E-state index in [1.807, 2.05) is 35.2 Å². The molecule has 0 N–H and O–H groups in total. The molecule has 0 bridgehead atoms. The summed E-state index contributed by atoms with van der Waals surface area (Å²) in [5.41, 5.74) is 2.84. The molecule has 0 aliphatic carbocycles. The van der Waals surface area contributed by atoms with Crippen molar-refractivity contribution >= 4 is 39.1 Å². The fourth-order valence-corrected chi connectivity index (χ4v) is 4.40. The van der Waals surface area contributed by atoms with Gasteiger partial charge in [0.15, 0.2) is 0 Å². The largest absolute Gasteiger partial charge is 0.378 e. The molecule has 0 radical (unpaired) electrons. The molecule has 1 aliphatic heterocycles. The maximum absolute atomic E-state index is 13.1. The van der Waals surface area contributed by atoms with Crippen molar-refractivity contribution in [2.24, 2.45) is 0 Å². The number of aryl methyl sites for hydroxylation is 1. The highest BCUT2D eigenvalue weighted by Gasteiger charge is 2.24. The van der Waals surface area contributed by atoms with Gasteiger partial charge in [0.2, 0.25) is 0 Å². The molecule has 130 valence electrons. The van der Waals surface area contributed by atoms with Crippen LogP contribution < -0.4 is 0 Å². The minimum Gasteiger partial charge on any atom is -0.378 e. The van der Waals surface area contributed by atoms with Gasteiger partial charge in [0.25, 0.3) is 5.91 Å². The molecule has 1 aromatic carbocycles. The first-order valence-corrected chi connectivity index (χ1v) is 9.53. The number of benzene rings is 1. The first-order chi connectivity index (χ1) is 12.1. The second-order valence-corrected chi connectivity index (χ2v) is 7.91. The van der Waals surface area contributed by atoms with Gasteiger partial charge < -0.3 is 14.2 Å². The lowest BCUT2D eigenvalue weighted by Crippen LogP contribution is -2.41. The van der Waals surface area contributed by atoms with E-state index in [0.717, 1.165) is 26.5 Å². The fraction of sp³-hybridized carbons (Fsp3) is 0.316. The van der Waals surface area contributed by atoms with Crippen molar-refractivity contribution in [2.45, 2.75) is 13.5 Å². The molecule has 6 heteroatoms. The second-order valence-electron chi connectivity index (χ2n) is 6.22. The summed E-state index contributed by atoms with van der Waals surface area (Å²) in [7, 11) is 0. The van der Waals surface area contributed by atoms with Crippen LogP contribution in [0, 0.1) is 6.92 Å². The molecule has 0 atom stereocenters. The number of carbonyl (C=O) groups is 1. The summed E-state index contributed by atoms with van der Waals surface area (Å²) < 4.78 is 8.61. The molecule has 0 spiro atoms. The van der Waals surface area contributed by atoms with Gasteiger partial charge in [-0.05, 0) is 30.7 Å². The Morgan fingerprint density at radius 1 is 1.24 bits per heavy atom. The zero-order valence-electron chi connectivity index (χ0n) is 14.0. The number of rotatable bonds is 3. The van der Waals surface area contributed by atoms with Crippen molar-refractivity contribution in [3.63, 3.8) is 0 Å². The quantitative estimate of drug-likeness (QED) is 0.689. The van der Waals surface area contributed by atoms with Crippen LogP contribution in [0.25, 0.3) is 10.2 Å². The number of halogens is 1. The summed E-state index contributed by atoms with van der Waals surface area (Å²) in [6.07, 6.45) is 0. The van der Waals surface area contributed by atoms with Gasteiger partial charge in [0.05, 0.1) is 23.4 Å². The molecule has 2 aromatic heterocycles. The van der Waals surface area contributed by atoms with E-state index in [-0.39, 0.29) is 5.91 Å². The van der Waals surface area contributed by atoms with Crippen molar-refractivity contribution in [3.05, 3.63) is 57.6 Å². The highest BCUT2D eigenvalue weighted by Crippen LogP contribution is 2.31. The van der Waals surface area contributed by atoms with E-state index >= 15 is 0 Å². The van der Waals surface area contributed by atoms with Gasteiger partial charge >= 0.3 is 0 Å². The Kier molecular flexibility index (Phi) is 4.54. The van der Waals surface area contributed by atoms with Gasteiger partial charge in [-0.15, -0.1) is 11.3 Å². The summed E-state index contributed by atoms with van der Waals surface area (Å²) in [5.74, 6) is 0.0661. The van der Waals surface area contributed by atoms with Crippen LogP contribution in [0.15, 0.2) is 36.4 Å². The summed E-state index contributed by atoms with van der Waals surface area (Å²) >= 11 is 8.07. The topological polar surface area (TPSA) is 34.5 Å². The third kappa shape index (κ3) is 3.19. The Morgan fingerprint density at radius 3 is 2.76 bits per heavy atom. The SMILES string of the molecule is Cc1cc2c(cc(C(=O)N3CCOCC3)n2Cc2ccccc2Cl)s1. The minimum atomic E-state index is 0.0661. The van der Waals surface area contributed by atoms with Crippen LogP contribution in [0.4, 0.5) is 0 Å². The molecule has 4 rings (SSSR count). The Bertz CT molecular complexity index is 925. The van der Waals surface area contributed by atoms with Gasteiger partial charge in [-0.25, -0.2) is 0 Å². The molecular weight excluding hydrogens is 356 g/mol. The van der Waals surface area contributed by atoms with Crippen LogP contribution in [-0.2, 0) is 11.3 Å². The zero-order valence-corrected chi connectivity index (χ0v) is 15.6.